The molecule has 254 valence electrons. The van der Waals surface area contributed by atoms with Gasteiger partial charge in [-0.3, -0.25) is 4.90 Å². The van der Waals surface area contributed by atoms with Crippen LogP contribution >= 0.6 is 11.6 Å². The van der Waals surface area contributed by atoms with Gasteiger partial charge in [0, 0.05) is 57.1 Å². The van der Waals surface area contributed by atoms with Gasteiger partial charge in [0.25, 0.3) is 0 Å². The first-order chi connectivity index (χ1) is 22.4. The summed E-state index contributed by atoms with van der Waals surface area (Å²) >= 11 is 5.26. The van der Waals surface area contributed by atoms with E-state index in [0.29, 0.717) is 47.4 Å². The smallest absolute Gasteiger partial charge is 0.410 e. The minimum Gasteiger partial charge on any atom is -0.593 e. The number of para-hydroxylation sites is 2. The summed E-state index contributed by atoms with van der Waals surface area (Å²) in [5.74, 6) is 1.44. The number of aromatic nitrogens is 2. The molecule has 0 bridgehead atoms. The number of carbonyl (C=O) groups is 1. The first-order valence-electron chi connectivity index (χ1n) is 15.8. The Balaban J connectivity index is 1.19. The number of anilines is 6. The van der Waals surface area contributed by atoms with Crippen molar-refractivity contribution in [3.63, 3.8) is 0 Å². The van der Waals surface area contributed by atoms with E-state index in [9.17, 15) is 9.35 Å². The maximum Gasteiger partial charge on any atom is 0.410 e. The Bertz CT molecular complexity index is 1520. The van der Waals surface area contributed by atoms with Gasteiger partial charge in [-0.05, 0) is 57.9 Å². The average Bonchev–Trinajstić information content (AvgIpc) is 3.05. The zero-order valence-electron chi connectivity index (χ0n) is 28.0. The van der Waals surface area contributed by atoms with Crippen LogP contribution in [0.1, 0.15) is 33.6 Å². The van der Waals surface area contributed by atoms with Crippen molar-refractivity contribution >= 4 is 63.6 Å². The predicted molar refractivity (Wildman–Crippen MR) is 190 cm³/mol. The largest absolute Gasteiger partial charge is 0.593 e. The molecule has 0 spiro atoms. The molecule has 2 aliphatic rings. The molecule has 2 N–H and O–H groups in total. The Morgan fingerprint density at radius 1 is 1.04 bits per heavy atom. The fourth-order valence-corrected chi connectivity index (χ4v) is 6.40. The second-order valence-corrected chi connectivity index (χ2v) is 14.5. The van der Waals surface area contributed by atoms with Crippen molar-refractivity contribution in [1.29, 1.82) is 0 Å². The van der Waals surface area contributed by atoms with E-state index < -0.39 is 17.0 Å². The minimum absolute atomic E-state index is 0.223. The SMILES string of the molecule is COc1cc(N2CCC(N3CCN(C(=O)OC(C)(C)C)CC3)CC2)ccc1Nc1ncc(Cl)c(Nc2ccccc2N(C)[S+](C)[O-])n1. The lowest BCUT2D eigenvalue weighted by Gasteiger charge is -2.43. The molecule has 2 fully saturated rings. The van der Waals surface area contributed by atoms with Crippen molar-refractivity contribution < 1.29 is 18.8 Å². The molecule has 0 radical (unpaired) electrons. The number of benzene rings is 2. The molecule has 1 atom stereocenters. The number of rotatable bonds is 9. The van der Waals surface area contributed by atoms with Crippen molar-refractivity contribution in [1.82, 2.24) is 19.8 Å². The number of amides is 1. The molecular weight excluding hydrogens is 640 g/mol. The van der Waals surface area contributed by atoms with E-state index in [1.165, 1.54) is 6.20 Å². The Labute approximate surface area is 285 Å². The average molecular weight is 685 g/mol. The summed E-state index contributed by atoms with van der Waals surface area (Å²) in [6.07, 6.45) is 5.04. The van der Waals surface area contributed by atoms with Crippen molar-refractivity contribution in [2.45, 2.75) is 45.3 Å². The number of carbonyl (C=O) groups excluding carboxylic acids is 1. The lowest BCUT2D eigenvalue weighted by Crippen LogP contribution is -2.55. The first-order valence-corrected chi connectivity index (χ1v) is 17.7. The maximum atomic E-state index is 12.5. The van der Waals surface area contributed by atoms with E-state index in [1.54, 1.807) is 24.7 Å². The van der Waals surface area contributed by atoms with Crippen molar-refractivity contribution in [2.75, 3.05) is 79.5 Å². The Morgan fingerprint density at radius 3 is 2.40 bits per heavy atom. The zero-order chi connectivity index (χ0) is 33.7. The number of nitrogens with one attached hydrogen (secondary N) is 2. The summed E-state index contributed by atoms with van der Waals surface area (Å²) < 4.78 is 25.1. The molecule has 47 heavy (non-hydrogen) atoms. The topological polar surface area (TPSA) is 121 Å². The highest BCUT2D eigenvalue weighted by molar-refractivity contribution is 7.92. The first kappa shape index (κ1) is 34.7. The summed E-state index contributed by atoms with van der Waals surface area (Å²) in [5.41, 5.74) is 2.80. The van der Waals surface area contributed by atoms with Crippen molar-refractivity contribution in [3.8, 4) is 5.75 Å². The van der Waals surface area contributed by atoms with E-state index in [-0.39, 0.29) is 6.09 Å². The van der Waals surface area contributed by atoms with Crippen molar-refractivity contribution in [2.24, 2.45) is 0 Å². The highest BCUT2D eigenvalue weighted by Crippen LogP contribution is 2.35. The fraction of sp³-hybridized carbons (Fsp3) is 0.485. The molecule has 1 aromatic heterocycles. The zero-order valence-corrected chi connectivity index (χ0v) is 29.5. The highest BCUT2D eigenvalue weighted by Gasteiger charge is 2.31. The third kappa shape index (κ3) is 8.83. The molecule has 2 aromatic carbocycles. The number of hydrogen-bond acceptors (Lipinski definition) is 11. The number of piperazine rings is 1. The Morgan fingerprint density at radius 2 is 1.74 bits per heavy atom. The van der Waals surface area contributed by atoms with Crippen LogP contribution in [0.3, 0.4) is 0 Å². The van der Waals surface area contributed by atoms with E-state index >= 15 is 0 Å². The van der Waals surface area contributed by atoms with Crippen LogP contribution in [0.2, 0.25) is 5.02 Å². The van der Waals surface area contributed by atoms with Gasteiger partial charge >= 0.3 is 6.09 Å². The van der Waals surface area contributed by atoms with Crippen LogP contribution in [0, 0.1) is 0 Å². The van der Waals surface area contributed by atoms with Crippen LogP contribution in [-0.4, -0.2) is 102 Å². The number of piperidine rings is 1. The van der Waals surface area contributed by atoms with Crippen molar-refractivity contribution in [3.05, 3.63) is 53.7 Å². The van der Waals surface area contributed by atoms with Gasteiger partial charge in [0.15, 0.2) is 5.82 Å². The number of hydrogen-bond donors (Lipinski definition) is 2. The quantitative estimate of drug-likeness (QED) is 0.263. The molecule has 0 aliphatic carbocycles. The van der Waals surface area contributed by atoms with Crippen LogP contribution in [-0.2, 0) is 16.1 Å². The lowest BCUT2D eigenvalue weighted by atomic mass is 10.0. The molecule has 0 saturated carbocycles. The number of methoxy groups -OCH3 is 1. The van der Waals surface area contributed by atoms with Crippen LogP contribution in [0.4, 0.5) is 39.3 Å². The molecule has 2 saturated heterocycles. The normalized spacial score (nSPS) is 16.9. The summed E-state index contributed by atoms with van der Waals surface area (Å²) in [6, 6.07) is 14.1. The van der Waals surface area contributed by atoms with E-state index in [0.717, 1.165) is 56.1 Å². The standard InChI is InChI=1S/C33H45ClN8O4S/c1-33(2,3)46-32(43)42-19-17-41(18-20-42)23-13-15-40(16-14-23)24-11-12-27(29(21-24)45-5)37-31-35-22-25(34)30(38-31)36-26-9-7-8-10-28(26)39(4)47(6)44/h7-12,21-23H,13-20H2,1-6H3,(H2,35,36,37,38). The minimum atomic E-state index is -1.20. The van der Waals surface area contributed by atoms with Crippen LogP contribution < -0.4 is 24.6 Å². The second-order valence-electron chi connectivity index (χ2n) is 12.7. The third-order valence-electron chi connectivity index (χ3n) is 8.37. The molecule has 1 amide bonds. The summed E-state index contributed by atoms with van der Waals surface area (Å²) in [6.45, 7) is 10.7. The molecular formula is C33H45ClN8O4S. The molecule has 5 rings (SSSR count). The predicted octanol–water partition coefficient (Wildman–Crippen LogP) is 5.88. The number of halogens is 1. The van der Waals surface area contributed by atoms with Crippen LogP contribution in [0.5, 0.6) is 5.75 Å². The fourth-order valence-electron chi connectivity index (χ4n) is 5.82. The van der Waals surface area contributed by atoms with Gasteiger partial charge in [-0.15, -0.1) is 0 Å². The summed E-state index contributed by atoms with van der Waals surface area (Å²) in [4.78, 5) is 28.2. The van der Waals surface area contributed by atoms with Gasteiger partial charge in [-0.1, -0.05) is 23.7 Å². The number of ether oxygens (including phenoxy) is 2. The summed E-state index contributed by atoms with van der Waals surface area (Å²) in [5, 5.41) is 6.88. The van der Waals surface area contributed by atoms with Crippen LogP contribution in [0.25, 0.3) is 0 Å². The Kier molecular flexibility index (Phi) is 11.1. The molecule has 3 aromatic rings. The van der Waals surface area contributed by atoms with E-state index in [1.807, 2.05) is 62.1 Å². The second kappa shape index (κ2) is 15.1. The van der Waals surface area contributed by atoms with Gasteiger partial charge in [0.1, 0.15) is 28.3 Å². The molecule has 2 aliphatic heterocycles. The molecule has 12 nitrogen and oxygen atoms in total. The third-order valence-corrected chi connectivity index (χ3v) is 9.61. The van der Waals surface area contributed by atoms with Gasteiger partial charge in [-0.25, -0.2) is 9.78 Å². The molecule has 1 unspecified atom stereocenters. The maximum absolute atomic E-state index is 12.5. The van der Waals surface area contributed by atoms with Gasteiger partial charge in [0.2, 0.25) is 5.95 Å². The molecule has 14 heteroatoms. The van der Waals surface area contributed by atoms with Crippen LogP contribution in [0.15, 0.2) is 48.7 Å². The molecule has 3 heterocycles. The Hall–Kier alpha value is -3.65. The van der Waals surface area contributed by atoms with Gasteiger partial charge < -0.3 is 34.5 Å². The van der Waals surface area contributed by atoms with Gasteiger partial charge in [-0.2, -0.15) is 9.29 Å². The summed E-state index contributed by atoms with van der Waals surface area (Å²) in [7, 11) is 3.41. The van der Waals surface area contributed by atoms with E-state index in [2.05, 4.69) is 36.5 Å². The van der Waals surface area contributed by atoms with E-state index in [4.69, 9.17) is 21.1 Å². The number of nitrogens with zero attached hydrogens (tertiary/aromatic N) is 6. The van der Waals surface area contributed by atoms with Gasteiger partial charge in [0.05, 0.1) is 43.1 Å². The highest BCUT2D eigenvalue weighted by atomic mass is 35.5. The monoisotopic (exact) mass is 684 g/mol. The lowest BCUT2D eigenvalue weighted by molar-refractivity contribution is 0.00902.